The Hall–Kier alpha value is -3.46. The molecule has 0 bridgehead atoms. The van der Waals surface area contributed by atoms with Crippen LogP contribution in [0.3, 0.4) is 0 Å². The number of allylic oxidation sites excluding steroid dienone is 1. The van der Waals surface area contributed by atoms with E-state index in [4.69, 9.17) is 14.2 Å². The number of hydrogen-bond donors (Lipinski definition) is 1. The van der Waals surface area contributed by atoms with Crippen molar-refractivity contribution in [1.29, 1.82) is 0 Å². The number of hydrogen-bond acceptors (Lipinski definition) is 8. The average molecular weight is 496 g/mol. The van der Waals surface area contributed by atoms with E-state index in [1.165, 1.54) is 11.8 Å². The van der Waals surface area contributed by atoms with Gasteiger partial charge < -0.3 is 19.5 Å². The van der Waals surface area contributed by atoms with Gasteiger partial charge in [-0.1, -0.05) is 23.9 Å². The topological polar surface area (TPSA) is 90.0 Å². The number of esters is 1. The molecule has 35 heavy (non-hydrogen) atoms. The van der Waals surface area contributed by atoms with Crippen LogP contribution in [0.5, 0.6) is 11.5 Å². The van der Waals surface area contributed by atoms with Crippen molar-refractivity contribution in [3.8, 4) is 11.5 Å². The van der Waals surface area contributed by atoms with Gasteiger partial charge in [-0.15, -0.1) is 0 Å². The molecule has 8 nitrogen and oxygen atoms in total. The molecule has 1 N–H and O–H groups in total. The first-order valence-electron chi connectivity index (χ1n) is 11.4. The van der Waals surface area contributed by atoms with Crippen LogP contribution in [0.15, 0.2) is 58.9 Å². The maximum absolute atomic E-state index is 13.7. The van der Waals surface area contributed by atoms with E-state index in [0.717, 1.165) is 11.1 Å². The summed E-state index contributed by atoms with van der Waals surface area (Å²) < 4.78 is 16.8. The third kappa shape index (κ3) is 5.00. The van der Waals surface area contributed by atoms with E-state index in [9.17, 15) is 9.59 Å². The third-order valence-corrected chi connectivity index (χ3v) is 6.69. The van der Waals surface area contributed by atoms with Crippen molar-refractivity contribution in [2.45, 2.75) is 45.3 Å². The van der Waals surface area contributed by atoms with Gasteiger partial charge in [-0.25, -0.2) is 4.79 Å². The fourth-order valence-corrected chi connectivity index (χ4v) is 5.35. The molecule has 2 aliphatic heterocycles. The number of carbonyl (C=O) groups excluding carboxylic acids is 2. The molecule has 1 fully saturated rings. The third-order valence-electron chi connectivity index (χ3n) is 5.58. The minimum Gasteiger partial charge on any atom is -0.493 e. The Morgan fingerprint density at radius 1 is 1.29 bits per heavy atom. The fraction of sp³-hybridized carbons (Fsp3) is 0.346. The van der Waals surface area contributed by atoms with Crippen LogP contribution in [0, 0.1) is 0 Å². The Labute approximate surface area is 209 Å². The first kappa shape index (κ1) is 24.7. The number of benzene rings is 1. The summed E-state index contributed by atoms with van der Waals surface area (Å²) in [4.78, 5) is 33.1. The SMILES string of the molecule is CCOC(=O)C1=C(C)N[C@H]2S/C(=C\c3cccnc3)C(=O)N2[C@@H]1c1ccc(OC(C)C)c(OC)c1. The smallest absolute Gasteiger partial charge is 0.338 e. The molecule has 0 saturated carbocycles. The largest absolute Gasteiger partial charge is 0.493 e. The molecule has 0 radical (unpaired) electrons. The van der Waals surface area contributed by atoms with Gasteiger partial charge in [0.1, 0.15) is 0 Å². The van der Waals surface area contributed by atoms with Crippen LogP contribution >= 0.6 is 11.8 Å². The van der Waals surface area contributed by atoms with Gasteiger partial charge in [0.2, 0.25) is 0 Å². The number of aromatic nitrogens is 1. The van der Waals surface area contributed by atoms with Crippen molar-refractivity contribution in [3.05, 3.63) is 70.0 Å². The maximum Gasteiger partial charge on any atom is 0.338 e. The molecule has 3 heterocycles. The van der Waals surface area contributed by atoms with Gasteiger partial charge in [0.05, 0.1) is 36.3 Å². The summed E-state index contributed by atoms with van der Waals surface area (Å²) >= 11 is 1.40. The Balaban J connectivity index is 1.80. The number of carbonyl (C=O) groups is 2. The number of thioether (sulfide) groups is 1. The molecule has 1 aromatic carbocycles. The lowest BCUT2D eigenvalue weighted by Crippen LogP contribution is -2.50. The molecule has 9 heteroatoms. The molecule has 2 atom stereocenters. The second-order valence-electron chi connectivity index (χ2n) is 8.36. The summed E-state index contributed by atoms with van der Waals surface area (Å²) in [6, 6.07) is 8.54. The van der Waals surface area contributed by atoms with Gasteiger partial charge in [0.15, 0.2) is 17.0 Å². The van der Waals surface area contributed by atoms with Crippen molar-refractivity contribution < 1.29 is 23.8 Å². The molecular formula is C26H29N3O5S. The van der Waals surface area contributed by atoms with Crippen molar-refractivity contribution >= 4 is 29.7 Å². The molecule has 0 aliphatic carbocycles. The highest BCUT2D eigenvalue weighted by atomic mass is 32.2. The quantitative estimate of drug-likeness (QED) is 0.450. The lowest BCUT2D eigenvalue weighted by molar-refractivity contribution is -0.140. The highest BCUT2D eigenvalue weighted by Crippen LogP contribution is 2.47. The zero-order chi connectivity index (χ0) is 25.1. The van der Waals surface area contributed by atoms with Crippen molar-refractivity contribution in [1.82, 2.24) is 15.2 Å². The fourth-order valence-electron chi connectivity index (χ4n) is 4.13. The second kappa shape index (κ2) is 10.4. The number of nitrogens with zero attached hydrogens (tertiary/aromatic N) is 2. The zero-order valence-corrected chi connectivity index (χ0v) is 21.2. The first-order chi connectivity index (χ1) is 16.8. The second-order valence-corrected chi connectivity index (χ2v) is 9.48. The van der Waals surface area contributed by atoms with Crippen molar-refractivity contribution in [3.63, 3.8) is 0 Å². The molecular weight excluding hydrogens is 466 g/mol. The normalized spacial score (nSPS) is 20.7. The highest BCUT2D eigenvalue weighted by Gasteiger charge is 2.48. The minimum atomic E-state index is -0.665. The van der Waals surface area contributed by atoms with E-state index >= 15 is 0 Å². The monoisotopic (exact) mass is 495 g/mol. The van der Waals surface area contributed by atoms with Crippen molar-refractivity contribution in [2.24, 2.45) is 0 Å². The van der Waals surface area contributed by atoms with E-state index in [1.54, 1.807) is 31.3 Å². The minimum absolute atomic E-state index is 0.0352. The zero-order valence-electron chi connectivity index (χ0n) is 20.4. The number of methoxy groups -OCH3 is 1. The molecule has 4 rings (SSSR count). The van der Waals surface area contributed by atoms with Gasteiger partial charge in [0.25, 0.3) is 5.91 Å². The van der Waals surface area contributed by atoms with E-state index in [1.807, 2.05) is 57.2 Å². The van der Waals surface area contributed by atoms with E-state index in [2.05, 4.69) is 10.3 Å². The average Bonchev–Trinajstić information content (AvgIpc) is 3.13. The molecule has 0 spiro atoms. The van der Waals surface area contributed by atoms with Gasteiger partial charge >= 0.3 is 5.97 Å². The van der Waals surface area contributed by atoms with Gasteiger partial charge in [-0.2, -0.15) is 0 Å². The van der Waals surface area contributed by atoms with E-state index < -0.39 is 12.0 Å². The predicted octanol–water partition coefficient (Wildman–Crippen LogP) is 4.26. The van der Waals surface area contributed by atoms with E-state index in [-0.39, 0.29) is 24.1 Å². The molecule has 184 valence electrons. The van der Waals surface area contributed by atoms with Crippen molar-refractivity contribution in [2.75, 3.05) is 13.7 Å². The number of ether oxygens (including phenoxy) is 3. The Morgan fingerprint density at radius 3 is 2.74 bits per heavy atom. The number of amides is 1. The summed E-state index contributed by atoms with van der Waals surface area (Å²) in [6.45, 7) is 7.69. The standard InChI is InChI=1S/C26H29N3O5S/c1-6-33-25(31)22-16(4)28-26-29(24(30)21(35-26)12-17-8-7-11-27-14-17)23(22)18-9-10-19(34-15(2)3)20(13-18)32-5/h7-15,23,26,28H,6H2,1-5H3/b21-12-/t23-,26-/m1/s1. The Morgan fingerprint density at radius 2 is 2.09 bits per heavy atom. The molecule has 1 amide bonds. The van der Waals surface area contributed by atoms with Crippen LogP contribution in [-0.2, 0) is 14.3 Å². The lowest BCUT2D eigenvalue weighted by Gasteiger charge is -2.39. The van der Waals surface area contributed by atoms with Crippen LogP contribution < -0.4 is 14.8 Å². The van der Waals surface area contributed by atoms with E-state index in [0.29, 0.717) is 27.7 Å². The Kier molecular flexibility index (Phi) is 7.35. The lowest BCUT2D eigenvalue weighted by atomic mass is 9.93. The number of nitrogens with one attached hydrogen (secondary N) is 1. The molecule has 0 unspecified atom stereocenters. The predicted molar refractivity (Wildman–Crippen MR) is 134 cm³/mol. The Bertz CT molecular complexity index is 1180. The summed E-state index contributed by atoms with van der Waals surface area (Å²) in [7, 11) is 1.57. The molecule has 2 aromatic rings. The number of pyridine rings is 1. The number of rotatable bonds is 7. The maximum atomic E-state index is 13.7. The highest BCUT2D eigenvalue weighted by molar-refractivity contribution is 8.05. The molecule has 1 saturated heterocycles. The van der Waals surface area contributed by atoms with Crippen LogP contribution in [0.25, 0.3) is 6.08 Å². The van der Waals surface area contributed by atoms with Gasteiger partial charge in [0, 0.05) is 18.1 Å². The van der Waals surface area contributed by atoms with Crippen LogP contribution in [0.4, 0.5) is 0 Å². The van der Waals surface area contributed by atoms with Crippen LogP contribution in [0.1, 0.15) is 44.9 Å². The molecule has 1 aromatic heterocycles. The van der Waals surface area contributed by atoms with Gasteiger partial charge in [-0.05, 0) is 63.1 Å². The summed E-state index contributed by atoms with van der Waals surface area (Å²) in [5.41, 5.74) is 2.22. The summed E-state index contributed by atoms with van der Waals surface area (Å²) in [5.74, 6) is 0.467. The van der Waals surface area contributed by atoms with Crippen LogP contribution in [0.2, 0.25) is 0 Å². The first-order valence-corrected chi connectivity index (χ1v) is 12.3. The molecule has 2 aliphatic rings. The van der Waals surface area contributed by atoms with Gasteiger partial charge in [-0.3, -0.25) is 14.7 Å². The number of fused-ring (bicyclic) bond motifs is 1. The summed E-state index contributed by atoms with van der Waals surface area (Å²) in [6.07, 6.45) is 5.17. The van der Waals surface area contributed by atoms with Crippen LogP contribution in [-0.4, -0.2) is 47.1 Å². The summed E-state index contributed by atoms with van der Waals surface area (Å²) in [5, 5.41) is 3.31.